The van der Waals surface area contributed by atoms with Gasteiger partial charge in [-0.05, 0) is 0 Å². The van der Waals surface area contributed by atoms with Crippen LogP contribution in [0.3, 0.4) is 0 Å². The molecule has 5 heteroatoms. The average molecular weight is 126 g/mol. The number of rotatable bonds is 0. The summed E-state index contributed by atoms with van der Waals surface area (Å²) in [7, 11) is 0.438. The molecule has 0 aromatic carbocycles. The topological polar surface area (TPSA) is 38.5 Å². The average Bonchev–Trinajstić information content (AvgIpc) is 1.35. The van der Waals surface area contributed by atoms with E-state index >= 15 is 0 Å². The van der Waals surface area contributed by atoms with Gasteiger partial charge in [-0.2, -0.15) is 4.25 Å². The van der Waals surface area contributed by atoms with Crippen LogP contribution in [0.5, 0.6) is 0 Å². The van der Waals surface area contributed by atoms with E-state index in [-0.39, 0.29) is 0 Å². The summed E-state index contributed by atoms with van der Waals surface area (Å²) in [4.78, 5) is 0. The monoisotopic (exact) mass is 125 g/mol. The highest BCUT2D eigenvalue weighted by atomic mass is 35.7. The summed E-state index contributed by atoms with van der Waals surface area (Å²) < 4.78 is 20.8. The van der Waals surface area contributed by atoms with Crippen molar-refractivity contribution in [1.82, 2.24) is 0 Å². The quantitative estimate of drug-likeness (QED) is 0.347. The zero-order valence-corrected chi connectivity index (χ0v) is 4.12. The van der Waals surface area contributed by atoms with E-state index in [9.17, 15) is 8.42 Å². The fourth-order valence-corrected chi connectivity index (χ4v) is 0. The number of nitrogens with zero attached hydrogens (tertiary/aromatic N) is 1. The molecule has 0 fully saturated rings. The van der Waals surface area contributed by atoms with E-state index in [2.05, 4.69) is 10.7 Å². The van der Waals surface area contributed by atoms with E-state index in [0.29, 0.717) is 0 Å². The maximum absolute atomic E-state index is 9.41. The van der Waals surface area contributed by atoms with Crippen LogP contribution in [0, 0.1) is 6.57 Å². The first-order valence-corrected chi connectivity index (χ1v) is 3.16. The second kappa shape index (κ2) is 1.45. The van der Waals surface area contributed by atoms with Crippen LogP contribution in [0.25, 0.3) is 4.25 Å². The van der Waals surface area contributed by atoms with Gasteiger partial charge in [0.25, 0.3) is 0 Å². The van der Waals surface area contributed by atoms with Crippen molar-refractivity contribution in [2.45, 2.75) is 0 Å². The van der Waals surface area contributed by atoms with Gasteiger partial charge in [0.05, 0.1) is 0 Å². The van der Waals surface area contributed by atoms with E-state index in [1.54, 1.807) is 0 Å². The molecule has 0 saturated carbocycles. The maximum Gasteiger partial charge on any atom is 0.535 e. The molecule has 0 atom stereocenters. The summed E-state index contributed by atoms with van der Waals surface area (Å²) >= 11 is 0. The lowest BCUT2D eigenvalue weighted by Gasteiger charge is -1.59. The van der Waals surface area contributed by atoms with Crippen LogP contribution in [-0.2, 0) is 9.24 Å². The molecule has 0 aliphatic carbocycles. The highest BCUT2D eigenvalue weighted by molar-refractivity contribution is 8.15. The smallest absolute Gasteiger partial charge is 0.205 e. The lowest BCUT2D eigenvalue weighted by molar-refractivity contribution is 0.617. The Balaban J connectivity index is 4.41. The third-order valence-corrected chi connectivity index (χ3v) is 0.534. The predicted molar refractivity (Wildman–Crippen MR) is 21.4 cm³/mol. The van der Waals surface area contributed by atoms with Crippen LogP contribution in [0.1, 0.15) is 0 Å². The maximum atomic E-state index is 9.41. The van der Waals surface area contributed by atoms with Crippen molar-refractivity contribution < 1.29 is 8.42 Å². The van der Waals surface area contributed by atoms with E-state index in [1.807, 2.05) is 4.25 Å². The van der Waals surface area contributed by atoms with Crippen molar-refractivity contribution in [3.63, 3.8) is 0 Å². The SMILES string of the molecule is [C-]#[N+]S(=O)(=O)Cl. The molecular weight excluding hydrogens is 126 g/mol. The van der Waals surface area contributed by atoms with Crippen molar-refractivity contribution in [2.75, 3.05) is 0 Å². The highest BCUT2D eigenvalue weighted by Crippen LogP contribution is 1.93. The second-order valence-electron chi connectivity index (χ2n) is 0.503. The summed E-state index contributed by atoms with van der Waals surface area (Å²) in [6.45, 7) is 5.76. The molecule has 0 rings (SSSR count). The first-order valence-electron chi connectivity index (χ1n) is 0.894. The Labute approximate surface area is 39.9 Å². The standard InChI is InChI=1S/CClNO2S/c1-3-6(2,4)5. The first kappa shape index (κ1) is 5.73. The van der Waals surface area contributed by atoms with Gasteiger partial charge in [-0.25, -0.2) is 6.57 Å². The van der Waals surface area contributed by atoms with Crippen LogP contribution in [-0.4, -0.2) is 8.42 Å². The Morgan fingerprint density at radius 1 is 1.67 bits per heavy atom. The normalized spacial score (nSPS) is 10.0. The zero-order valence-electron chi connectivity index (χ0n) is 2.55. The van der Waals surface area contributed by atoms with Crippen LogP contribution in [0.15, 0.2) is 0 Å². The van der Waals surface area contributed by atoms with Crippen LogP contribution in [0.4, 0.5) is 0 Å². The van der Waals surface area contributed by atoms with E-state index in [0.717, 1.165) is 0 Å². The number of halogens is 1. The molecule has 3 nitrogen and oxygen atoms in total. The molecule has 0 spiro atoms. The predicted octanol–water partition coefficient (Wildman–Crippen LogP) is 0.389. The van der Waals surface area contributed by atoms with Gasteiger partial charge in [-0.3, -0.25) is 0 Å². The molecule has 0 heterocycles. The van der Waals surface area contributed by atoms with E-state index in [1.165, 1.54) is 0 Å². The molecule has 0 amide bonds. The molecule has 0 radical (unpaired) electrons. The summed E-state index contributed by atoms with van der Waals surface area (Å²) in [5, 5.41) is 0. The molecule has 0 aromatic rings. The van der Waals surface area contributed by atoms with E-state index < -0.39 is 9.24 Å². The third kappa shape index (κ3) is 3.73. The molecule has 0 N–H and O–H groups in total. The minimum absolute atomic E-state index is 2.01. The largest absolute Gasteiger partial charge is 0.535 e. The molecule has 0 aromatic heterocycles. The Kier molecular flexibility index (Phi) is 1.39. The van der Waals surface area contributed by atoms with Gasteiger partial charge in [-0.1, -0.05) is 0 Å². The number of hydrogen-bond acceptors (Lipinski definition) is 2. The van der Waals surface area contributed by atoms with Gasteiger partial charge in [0, 0.05) is 0 Å². The van der Waals surface area contributed by atoms with Gasteiger partial charge >= 0.3 is 9.24 Å². The molecular formula is CClNO2S. The van der Waals surface area contributed by atoms with Gasteiger partial charge in [-0.15, -0.1) is 8.42 Å². The van der Waals surface area contributed by atoms with Gasteiger partial charge < -0.3 is 0 Å². The number of hydrogen-bond donors (Lipinski definition) is 0. The molecule has 0 bridgehead atoms. The van der Waals surface area contributed by atoms with Crippen LogP contribution >= 0.6 is 10.7 Å². The molecule has 0 saturated heterocycles. The Morgan fingerprint density at radius 3 is 1.83 bits per heavy atom. The van der Waals surface area contributed by atoms with Crippen molar-refractivity contribution in [3.05, 3.63) is 10.8 Å². The minimum Gasteiger partial charge on any atom is -0.205 e. The summed E-state index contributed by atoms with van der Waals surface area (Å²) in [6, 6.07) is 0. The molecule has 0 aliphatic heterocycles. The molecule has 0 aliphatic rings. The minimum atomic E-state index is -3.90. The molecule has 0 unspecified atom stereocenters. The summed E-state index contributed by atoms with van der Waals surface area (Å²) in [5.41, 5.74) is 0. The lowest BCUT2D eigenvalue weighted by atomic mass is 11.9. The lowest BCUT2D eigenvalue weighted by Crippen LogP contribution is -1.70. The van der Waals surface area contributed by atoms with Gasteiger partial charge in [0.15, 0.2) is 0 Å². The van der Waals surface area contributed by atoms with Crippen molar-refractivity contribution >= 4 is 19.9 Å². The van der Waals surface area contributed by atoms with Crippen molar-refractivity contribution in [1.29, 1.82) is 0 Å². The Bertz CT molecular complexity index is 162. The van der Waals surface area contributed by atoms with Crippen LogP contribution < -0.4 is 0 Å². The fraction of sp³-hybridized carbons (Fsp3) is 0. The fourth-order valence-electron chi connectivity index (χ4n) is 0. The molecule has 34 valence electrons. The zero-order chi connectivity index (χ0) is 5.21. The van der Waals surface area contributed by atoms with Crippen molar-refractivity contribution in [3.8, 4) is 0 Å². The Morgan fingerprint density at radius 2 is 1.83 bits per heavy atom. The summed E-state index contributed by atoms with van der Waals surface area (Å²) in [5.74, 6) is 0. The van der Waals surface area contributed by atoms with E-state index in [4.69, 9.17) is 6.57 Å². The first-order chi connectivity index (χ1) is 2.56. The Hall–Kier alpha value is -0.270. The van der Waals surface area contributed by atoms with Crippen molar-refractivity contribution in [2.24, 2.45) is 0 Å². The van der Waals surface area contributed by atoms with Crippen LogP contribution in [0.2, 0.25) is 0 Å². The highest BCUT2D eigenvalue weighted by Gasteiger charge is 2.02. The third-order valence-electron chi connectivity index (χ3n) is 0.109. The van der Waals surface area contributed by atoms with Gasteiger partial charge in [0.2, 0.25) is 0 Å². The molecule has 6 heavy (non-hydrogen) atoms. The second-order valence-corrected chi connectivity index (χ2v) is 2.68. The summed E-state index contributed by atoms with van der Waals surface area (Å²) in [6.07, 6.45) is 0. The van der Waals surface area contributed by atoms with Gasteiger partial charge in [0.1, 0.15) is 10.7 Å².